The van der Waals surface area contributed by atoms with E-state index in [1.807, 2.05) is 0 Å². The van der Waals surface area contributed by atoms with E-state index >= 15 is 0 Å². The molecule has 10 nitrogen and oxygen atoms in total. The fraction of sp³-hybridized carbons (Fsp3) is 0.800. The highest BCUT2D eigenvalue weighted by Crippen LogP contribution is 2.29. The van der Waals surface area contributed by atoms with Crippen LogP contribution in [0, 0.1) is 5.92 Å². The Hall–Kier alpha value is -1.59. The van der Waals surface area contributed by atoms with Crippen molar-refractivity contribution in [1.29, 1.82) is 0 Å². The van der Waals surface area contributed by atoms with Crippen LogP contribution in [0.2, 0.25) is 0 Å². The summed E-state index contributed by atoms with van der Waals surface area (Å²) in [5.41, 5.74) is 5.22. The smallest absolute Gasteiger partial charge is 0.246 e. The Morgan fingerprint density at radius 2 is 1.84 bits per heavy atom. The molecule has 0 aromatic heterocycles. The van der Waals surface area contributed by atoms with E-state index in [0.29, 0.717) is 6.42 Å². The van der Waals surface area contributed by atoms with Gasteiger partial charge >= 0.3 is 0 Å². The first-order chi connectivity index (χ1) is 11.8. The number of nitrogens with two attached hydrogens (primary N) is 1. The lowest BCUT2D eigenvalue weighted by Gasteiger charge is -2.41. The van der Waals surface area contributed by atoms with Crippen molar-refractivity contribution >= 4 is 17.6 Å². The van der Waals surface area contributed by atoms with Gasteiger partial charge in [-0.05, 0) is 6.42 Å². The lowest BCUT2D eigenvalue weighted by Crippen LogP contribution is -2.60. The molecule has 0 aromatic carbocycles. The summed E-state index contributed by atoms with van der Waals surface area (Å²) in [7, 11) is 0. The Labute approximate surface area is 145 Å². The van der Waals surface area contributed by atoms with Crippen LogP contribution >= 0.6 is 0 Å². The second kappa shape index (κ2) is 9.78. The molecule has 6 unspecified atom stereocenters. The number of carbonyl (C=O) groups is 3. The number of ether oxygens (including phenoxy) is 1. The molecule has 6 atom stereocenters. The van der Waals surface area contributed by atoms with E-state index in [0.717, 1.165) is 0 Å². The molecule has 0 bridgehead atoms. The van der Waals surface area contributed by atoms with Gasteiger partial charge in [-0.25, -0.2) is 0 Å². The van der Waals surface area contributed by atoms with E-state index in [1.54, 1.807) is 6.92 Å². The standard InChI is InChI=1S/C15H26N2O8/c1-2-3-11(21)17-8(5-18)9(20)4-7-12(22)13(23)10(6-19)25-14(7)15(16)24/h7-8,10,12-14,18-19,22-23H,2-6H2,1H3,(H2,16,24)(H,17,21). The summed E-state index contributed by atoms with van der Waals surface area (Å²) in [5, 5.41) is 40.9. The average Bonchev–Trinajstić information content (AvgIpc) is 2.56. The van der Waals surface area contributed by atoms with Crippen molar-refractivity contribution in [1.82, 2.24) is 5.32 Å². The maximum absolute atomic E-state index is 12.3. The molecule has 0 radical (unpaired) electrons. The van der Waals surface area contributed by atoms with Crippen LogP contribution < -0.4 is 11.1 Å². The van der Waals surface area contributed by atoms with Crippen LogP contribution in [0.3, 0.4) is 0 Å². The van der Waals surface area contributed by atoms with E-state index in [-0.39, 0.29) is 6.42 Å². The third-order valence-electron chi connectivity index (χ3n) is 4.16. The fourth-order valence-electron chi connectivity index (χ4n) is 2.77. The molecule has 10 heteroatoms. The number of aliphatic hydroxyl groups excluding tert-OH is 4. The molecule has 25 heavy (non-hydrogen) atoms. The molecule has 0 saturated carbocycles. The zero-order chi connectivity index (χ0) is 19.1. The Balaban J connectivity index is 2.86. The van der Waals surface area contributed by atoms with Crippen LogP contribution in [-0.4, -0.2) is 81.7 Å². The van der Waals surface area contributed by atoms with Crippen molar-refractivity contribution in [2.75, 3.05) is 13.2 Å². The molecule has 1 rings (SSSR count). The van der Waals surface area contributed by atoms with Gasteiger partial charge in [0, 0.05) is 18.8 Å². The predicted octanol–water partition coefficient (Wildman–Crippen LogP) is -3.19. The van der Waals surface area contributed by atoms with Gasteiger partial charge in [0.2, 0.25) is 11.8 Å². The van der Waals surface area contributed by atoms with Crippen LogP contribution in [0.4, 0.5) is 0 Å². The number of amides is 2. The van der Waals surface area contributed by atoms with Crippen LogP contribution in [0.25, 0.3) is 0 Å². The van der Waals surface area contributed by atoms with E-state index in [4.69, 9.17) is 15.6 Å². The molecule has 7 N–H and O–H groups in total. The Morgan fingerprint density at radius 3 is 2.32 bits per heavy atom. The normalized spacial score (nSPS) is 30.5. The van der Waals surface area contributed by atoms with Crippen LogP contribution in [-0.2, 0) is 19.1 Å². The van der Waals surface area contributed by atoms with Gasteiger partial charge in [0.05, 0.1) is 19.3 Å². The molecule has 1 saturated heterocycles. The van der Waals surface area contributed by atoms with E-state index < -0.39 is 73.6 Å². The number of Topliss-reactive ketones (excluding diaryl/α,β-unsaturated/α-hetero) is 1. The van der Waals surface area contributed by atoms with Gasteiger partial charge in [0.25, 0.3) is 0 Å². The number of aliphatic hydroxyl groups is 4. The van der Waals surface area contributed by atoms with Crippen molar-refractivity contribution in [3.05, 3.63) is 0 Å². The minimum Gasteiger partial charge on any atom is -0.394 e. The van der Waals surface area contributed by atoms with Gasteiger partial charge < -0.3 is 36.2 Å². The lowest BCUT2D eigenvalue weighted by molar-refractivity contribution is -0.209. The molecule has 1 aliphatic heterocycles. The van der Waals surface area contributed by atoms with Crippen LogP contribution in [0.15, 0.2) is 0 Å². The number of primary amides is 1. The van der Waals surface area contributed by atoms with Gasteiger partial charge in [-0.15, -0.1) is 0 Å². The number of ketones is 1. The van der Waals surface area contributed by atoms with E-state index in [9.17, 15) is 29.7 Å². The molecule has 144 valence electrons. The second-order valence-electron chi connectivity index (χ2n) is 6.05. The molecular formula is C15H26N2O8. The summed E-state index contributed by atoms with van der Waals surface area (Å²) in [6, 6.07) is -1.20. The third kappa shape index (κ3) is 5.44. The molecule has 1 heterocycles. The van der Waals surface area contributed by atoms with Gasteiger partial charge in [-0.2, -0.15) is 0 Å². The van der Waals surface area contributed by atoms with Crippen molar-refractivity contribution < 1.29 is 39.5 Å². The Morgan fingerprint density at radius 1 is 1.20 bits per heavy atom. The minimum absolute atomic E-state index is 0.180. The molecule has 1 aliphatic rings. The summed E-state index contributed by atoms with van der Waals surface area (Å²) in [4.78, 5) is 35.5. The highest BCUT2D eigenvalue weighted by Gasteiger charge is 2.47. The number of hydrogen-bond acceptors (Lipinski definition) is 8. The Kier molecular flexibility index (Phi) is 8.39. The Bertz CT molecular complexity index is 486. The number of rotatable bonds is 9. The van der Waals surface area contributed by atoms with Gasteiger partial charge in [-0.1, -0.05) is 6.92 Å². The highest BCUT2D eigenvalue weighted by molar-refractivity contribution is 5.90. The molecule has 1 fully saturated rings. The monoisotopic (exact) mass is 362 g/mol. The largest absolute Gasteiger partial charge is 0.394 e. The number of carbonyl (C=O) groups excluding carboxylic acids is 3. The van der Waals surface area contributed by atoms with E-state index in [2.05, 4.69) is 5.32 Å². The quantitative estimate of drug-likeness (QED) is 0.248. The SMILES string of the molecule is CCCC(=O)NC(CO)C(=O)CC1C(C(N)=O)OC(CO)C(O)C1O. The molecule has 0 spiro atoms. The van der Waals surface area contributed by atoms with Crippen LogP contribution in [0.5, 0.6) is 0 Å². The first-order valence-electron chi connectivity index (χ1n) is 8.11. The molecule has 2 amide bonds. The lowest BCUT2D eigenvalue weighted by atomic mass is 9.82. The second-order valence-corrected chi connectivity index (χ2v) is 6.05. The molecule has 0 aromatic rings. The maximum atomic E-state index is 12.3. The van der Waals surface area contributed by atoms with Crippen molar-refractivity contribution in [3.63, 3.8) is 0 Å². The van der Waals surface area contributed by atoms with Crippen molar-refractivity contribution in [3.8, 4) is 0 Å². The zero-order valence-corrected chi connectivity index (χ0v) is 14.0. The number of hydrogen-bond donors (Lipinski definition) is 6. The topological polar surface area (TPSA) is 179 Å². The average molecular weight is 362 g/mol. The predicted molar refractivity (Wildman–Crippen MR) is 84.0 cm³/mol. The first-order valence-corrected chi connectivity index (χ1v) is 8.11. The summed E-state index contributed by atoms with van der Waals surface area (Å²) in [6.07, 6.45) is -5.38. The minimum atomic E-state index is -1.54. The van der Waals surface area contributed by atoms with Crippen molar-refractivity contribution in [2.45, 2.75) is 56.6 Å². The van der Waals surface area contributed by atoms with Gasteiger partial charge in [0.1, 0.15) is 24.4 Å². The summed E-state index contributed by atoms with van der Waals surface area (Å²) in [6.45, 7) is 0.484. The van der Waals surface area contributed by atoms with E-state index in [1.165, 1.54) is 0 Å². The molecular weight excluding hydrogens is 336 g/mol. The number of nitrogens with one attached hydrogen (secondary N) is 1. The summed E-state index contributed by atoms with van der Waals surface area (Å²) >= 11 is 0. The fourth-order valence-corrected chi connectivity index (χ4v) is 2.77. The zero-order valence-electron chi connectivity index (χ0n) is 14.0. The summed E-state index contributed by atoms with van der Waals surface area (Å²) in [5.74, 6) is -3.18. The first kappa shape index (κ1) is 21.5. The van der Waals surface area contributed by atoms with Gasteiger partial charge in [0.15, 0.2) is 5.78 Å². The highest BCUT2D eigenvalue weighted by atomic mass is 16.5. The van der Waals surface area contributed by atoms with Gasteiger partial charge in [-0.3, -0.25) is 14.4 Å². The maximum Gasteiger partial charge on any atom is 0.246 e. The summed E-state index contributed by atoms with van der Waals surface area (Å²) < 4.78 is 5.19. The molecule has 0 aliphatic carbocycles. The van der Waals surface area contributed by atoms with Crippen molar-refractivity contribution in [2.24, 2.45) is 11.7 Å². The third-order valence-corrected chi connectivity index (χ3v) is 4.16. The van der Waals surface area contributed by atoms with Crippen LogP contribution in [0.1, 0.15) is 26.2 Å².